The summed E-state index contributed by atoms with van der Waals surface area (Å²) in [5.41, 5.74) is 2.48. The van der Waals surface area contributed by atoms with Gasteiger partial charge in [0.15, 0.2) is 0 Å². The van der Waals surface area contributed by atoms with Crippen molar-refractivity contribution in [3.63, 3.8) is 0 Å². The average Bonchev–Trinajstić information content (AvgIpc) is 2.84. The highest BCUT2D eigenvalue weighted by molar-refractivity contribution is 5.22. The normalized spacial score (nSPS) is 10.8. The summed E-state index contributed by atoms with van der Waals surface area (Å²) in [5.74, 6) is 1.93. The molecule has 0 aliphatic rings. The van der Waals surface area contributed by atoms with Gasteiger partial charge in [-0.1, -0.05) is 24.3 Å². The fourth-order valence-electron chi connectivity index (χ4n) is 1.88. The molecule has 1 aromatic carbocycles. The molecular formula is C16H21NO2. The molecule has 3 nitrogen and oxygen atoms in total. The lowest BCUT2D eigenvalue weighted by atomic mass is 10.1. The van der Waals surface area contributed by atoms with Gasteiger partial charge in [-0.05, 0) is 37.1 Å². The van der Waals surface area contributed by atoms with Crippen molar-refractivity contribution < 1.29 is 9.15 Å². The van der Waals surface area contributed by atoms with Gasteiger partial charge < -0.3 is 14.5 Å². The number of furan rings is 1. The Labute approximate surface area is 114 Å². The van der Waals surface area contributed by atoms with Crippen LogP contribution in [0.1, 0.15) is 29.6 Å². The van der Waals surface area contributed by atoms with Crippen LogP contribution < -0.4 is 5.32 Å². The molecule has 0 aliphatic heterocycles. The first-order valence-electron chi connectivity index (χ1n) is 6.69. The molecular weight excluding hydrogens is 238 g/mol. The Bertz CT molecular complexity index is 488. The second-order valence-corrected chi connectivity index (χ2v) is 4.57. The van der Waals surface area contributed by atoms with E-state index in [1.54, 1.807) is 0 Å². The number of benzene rings is 1. The number of aryl methyl sites for hydroxylation is 1. The number of hydrogen-bond acceptors (Lipinski definition) is 3. The predicted molar refractivity (Wildman–Crippen MR) is 75.8 cm³/mol. The Morgan fingerprint density at radius 2 is 1.74 bits per heavy atom. The van der Waals surface area contributed by atoms with Crippen molar-refractivity contribution in [1.29, 1.82) is 0 Å². The molecule has 2 aromatic rings. The second-order valence-electron chi connectivity index (χ2n) is 4.57. The van der Waals surface area contributed by atoms with E-state index in [1.165, 1.54) is 11.1 Å². The summed E-state index contributed by atoms with van der Waals surface area (Å²) in [6.07, 6.45) is 0. The van der Waals surface area contributed by atoms with Crippen molar-refractivity contribution >= 4 is 0 Å². The van der Waals surface area contributed by atoms with E-state index in [1.807, 2.05) is 26.0 Å². The van der Waals surface area contributed by atoms with Gasteiger partial charge in [-0.3, -0.25) is 0 Å². The molecule has 0 fully saturated rings. The molecule has 0 spiro atoms. The molecule has 0 atom stereocenters. The van der Waals surface area contributed by atoms with E-state index < -0.39 is 0 Å². The Morgan fingerprint density at radius 1 is 1.00 bits per heavy atom. The van der Waals surface area contributed by atoms with Crippen LogP contribution in [-0.2, 0) is 24.4 Å². The lowest BCUT2D eigenvalue weighted by molar-refractivity contribution is 0.134. The zero-order valence-electron chi connectivity index (χ0n) is 11.6. The molecule has 0 saturated heterocycles. The van der Waals surface area contributed by atoms with Crippen molar-refractivity contribution in [1.82, 2.24) is 5.32 Å². The summed E-state index contributed by atoms with van der Waals surface area (Å²) in [7, 11) is 0. The molecule has 0 amide bonds. The van der Waals surface area contributed by atoms with Crippen LogP contribution in [0.3, 0.4) is 0 Å². The smallest absolute Gasteiger partial charge is 0.117 e. The lowest BCUT2D eigenvalue weighted by Gasteiger charge is -2.05. The van der Waals surface area contributed by atoms with Crippen LogP contribution in [0, 0.1) is 6.92 Å². The fourth-order valence-corrected chi connectivity index (χ4v) is 1.88. The summed E-state index contributed by atoms with van der Waals surface area (Å²) < 4.78 is 10.9. The van der Waals surface area contributed by atoms with Gasteiger partial charge in [0.25, 0.3) is 0 Å². The Morgan fingerprint density at radius 3 is 2.37 bits per heavy atom. The molecule has 0 unspecified atom stereocenters. The molecule has 1 heterocycles. The van der Waals surface area contributed by atoms with Crippen LogP contribution in [0.2, 0.25) is 0 Å². The minimum absolute atomic E-state index is 0.690. The Kier molecular flexibility index (Phi) is 5.19. The molecule has 3 heteroatoms. The van der Waals surface area contributed by atoms with Crippen LogP contribution in [-0.4, -0.2) is 6.61 Å². The van der Waals surface area contributed by atoms with E-state index in [-0.39, 0.29) is 0 Å². The van der Waals surface area contributed by atoms with E-state index in [2.05, 4.69) is 29.6 Å². The van der Waals surface area contributed by atoms with Gasteiger partial charge in [-0.25, -0.2) is 0 Å². The third-order valence-corrected chi connectivity index (χ3v) is 2.92. The summed E-state index contributed by atoms with van der Waals surface area (Å²) in [6.45, 7) is 7.01. The standard InChI is InChI=1S/C16H21NO2/c1-3-18-12-15-7-5-14(6-8-15)10-17-11-16-9-4-13(2)19-16/h4-9,17H,3,10-12H2,1-2H3. The molecule has 2 rings (SSSR count). The molecule has 19 heavy (non-hydrogen) atoms. The average molecular weight is 259 g/mol. The van der Waals surface area contributed by atoms with Crippen LogP contribution >= 0.6 is 0 Å². The quantitative estimate of drug-likeness (QED) is 0.827. The minimum Gasteiger partial charge on any atom is -0.465 e. The van der Waals surface area contributed by atoms with Crippen molar-refractivity contribution in [2.75, 3.05) is 6.61 Å². The third-order valence-electron chi connectivity index (χ3n) is 2.92. The van der Waals surface area contributed by atoms with Gasteiger partial charge in [0.1, 0.15) is 11.5 Å². The maximum absolute atomic E-state index is 5.51. The summed E-state index contributed by atoms with van der Waals surface area (Å²) >= 11 is 0. The Balaban J connectivity index is 1.76. The highest BCUT2D eigenvalue weighted by Gasteiger charge is 1.99. The van der Waals surface area contributed by atoms with Gasteiger partial charge in [0.2, 0.25) is 0 Å². The first-order chi connectivity index (χ1) is 9.28. The predicted octanol–water partition coefficient (Wildman–Crippen LogP) is 3.41. The van der Waals surface area contributed by atoms with E-state index in [9.17, 15) is 0 Å². The molecule has 102 valence electrons. The van der Waals surface area contributed by atoms with Crippen molar-refractivity contribution in [2.24, 2.45) is 0 Å². The van der Waals surface area contributed by atoms with Gasteiger partial charge in [0.05, 0.1) is 13.2 Å². The van der Waals surface area contributed by atoms with E-state index >= 15 is 0 Å². The number of ether oxygens (including phenoxy) is 1. The Hall–Kier alpha value is -1.58. The second kappa shape index (κ2) is 7.12. The molecule has 0 radical (unpaired) electrons. The maximum atomic E-state index is 5.51. The number of hydrogen-bond donors (Lipinski definition) is 1. The van der Waals surface area contributed by atoms with Gasteiger partial charge in [0, 0.05) is 13.2 Å². The molecule has 0 saturated carbocycles. The van der Waals surface area contributed by atoms with Crippen LogP contribution in [0.4, 0.5) is 0 Å². The molecule has 1 aromatic heterocycles. The third kappa shape index (κ3) is 4.54. The number of nitrogens with one attached hydrogen (secondary N) is 1. The summed E-state index contributed by atoms with van der Waals surface area (Å²) in [4.78, 5) is 0. The monoisotopic (exact) mass is 259 g/mol. The largest absolute Gasteiger partial charge is 0.465 e. The molecule has 0 bridgehead atoms. The highest BCUT2D eigenvalue weighted by Crippen LogP contribution is 2.08. The van der Waals surface area contributed by atoms with Gasteiger partial charge >= 0.3 is 0 Å². The van der Waals surface area contributed by atoms with E-state index in [0.29, 0.717) is 6.61 Å². The van der Waals surface area contributed by atoms with Crippen molar-refractivity contribution in [2.45, 2.75) is 33.5 Å². The molecule has 1 N–H and O–H groups in total. The van der Waals surface area contributed by atoms with Gasteiger partial charge in [-0.2, -0.15) is 0 Å². The highest BCUT2D eigenvalue weighted by atomic mass is 16.5. The SMILES string of the molecule is CCOCc1ccc(CNCc2ccc(C)o2)cc1. The van der Waals surface area contributed by atoms with Crippen LogP contribution in [0.15, 0.2) is 40.8 Å². The summed E-state index contributed by atoms with van der Waals surface area (Å²) in [5, 5.41) is 3.37. The minimum atomic E-state index is 0.690. The lowest BCUT2D eigenvalue weighted by Crippen LogP contribution is -2.12. The van der Waals surface area contributed by atoms with Crippen molar-refractivity contribution in [3.8, 4) is 0 Å². The van der Waals surface area contributed by atoms with Crippen LogP contribution in [0.5, 0.6) is 0 Å². The van der Waals surface area contributed by atoms with E-state index in [4.69, 9.17) is 9.15 Å². The van der Waals surface area contributed by atoms with Gasteiger partial charge in [-0.15, -0.1) is 0 Å². The fraction of sp³-hybridized carbons (Fsp3) is 0.375. The summed E-state index contributed by atoms with van der Waals surface area (Å²) in [6, 6.07) is 12.5. The van der Waals surface area contributed by atoms with E-state index in [0.717, 1.165) is 31.2 Å². The zero-order valence-corrected chi connectivity index (χ0v) is 11.6. The molecule has 0 aliphatic carbocycles. The topological polar surface area (TPSA) is 34.4 Å². The van der Waals surface area contributed by atoms with Crippen molar-refractivity contribution in [3.05, 3.63) is 59.0 Å². The number of rotatable bonds is 7. The van der Waals surface area contributed by atoms with Crippen LogP contribution in [0.25, 0.3) is 0 Å². The maximum Gasteiger partial charge on any atom is 0.117 e. The zero-order chi connectivity index (χ0) is 13.5. The first-order valence-corrected chi connectivity index (χ1v) is 6.69. The first kappa shape index (κ1) is 13.8.